The van der Waals surface area contributed by atoms with E-state index in [4.69, 9.17) is 23.2 Å². The van der Waals surface area contributed by atoms with Gasteiger partial charge >= 0.3 is 35.1 Å². The summed E-state index contributed by atoms with van der Waals surface area (Å²) in [6.45, 7) is 0. The van der Waals surface area contributed by atoms with Gasteiger partial charge in [0.05, 0.1) is 10.9 Å². The third-order valence-corrected chi connectivity index (χ3v) is 8.92. The molecule has 0 atom stereocenters. The average molecular weight is 731 g/mol. The van der Waals surface area contributed by atoms with Crippen molar-refractivity contribution in [1.82, 2.24) is 0 Å². The van der Waals surface area contributed by atoms with E-state index in [1.165, 1.54) is 14.7 Å². The van der Waals surface area contributed by atoms with Crippen LogP contribution in [0.4, 0.5) is 57.1 Å². The van der Waals surface area contributed by atoms with Crippen molar-refractivity contribution in [3.8, 4) is 0 Å². The maximum atomic E-state index is 12.7. The molecule has 0 bridgehead atoms. The smallest absolute Gasteiger partial charge is 0.460 e. The summed E-state index contributed by atoms with van der Waals surface area (Å²) < 4.78 is 189. The molecule has 3 nitrogen and oxygen atoms in total. The molecule has 0 saturated carbocycles. The van der Waals surface area contributed by atoms with Crippen LogP contribution in [0.2, 0.25) is 10.0 Å². The second kappa shape index (κ2) is 12.8. The summed E-state index contributed by atoms with van der Waals surface area (Å²) in [4.78, 5) is 3.77. The van der Waals surface area contributed by atoms with Crippen LogP contribution in [0.1, 0.15) is 0 Å². The van der Waals surface area contributed by atoms with Crippen LogP contribution in [0.5, 0.6) is 0 Å². The zero-order valence-corrected chi connectivity index (χ0v) is 23.9. The fourth-order valence-electron chi connectivity index (χ4n) is 3.02. The number of hydrogen-bond acceptors (Lipinski definition) is 3. The molecule has 0 aromatic heterocycles. The van der Waals surface area contributed by atoms with Crippen molar-refractivity contribution in [2.75, 3.05) is 0 Å². The Labute approximate surface area is 252 Å². The van der Waals surface area contributed by atoms with Crippen LogP contribution in [-0.2, 0) is 21.0 Å². The Morgan fingerprint density at radius 3 is 1.14 bits per heavy atom. The molecule has 0 saturated heterocycles. The summed E-state index contributed by atoms with van der Waals surface area (Å²) >= 11 is 12.0. The highest BCUT2D eigenvalue weighted by molar-refractivity contribution is 7.97. The van der Waals surface area contributed by atoms with Crippen molar-refractivity contribution in [2.24, 2.45) is 0 Å². The summed E-state index contributed by atoms with van der Waals surface area (Å²) in [5.74, 6) is -32.6. The Hall–Kier alpha value is -2.41. The Kier molecular flexibility index (Phi) is 11.0. The van der Waals surface area contributed by atoms with E-state index in [2.05, 4.69) is 48.5 Å². The summed E-state index contributed by atoms with van der Waals surface area (Å²) in [6.07, 6.45) is -7.61. The molecule has 0 radical (unpaired) electrons. The second-order valence-corrected chi connectivity index (χ2v) is 12.6. The predicted octanol–water partition coefficient (Wildman–Crippen LogP) is 9.32. The predicted molar refractivity (Wildman–Crippen MR) is 132 cm³/mol. The zero-order valence-electron chi connectivity index (χ0n) is 20.7. The van der Waals surface area contributed by atoms with E-state index >= 15 is 0 Å². The molecule has 0 fully saturated rings. The molecule has 3 aromatic carbocycles. The number of alkyl halides is 13. The highest BCUT2D eigenvalue weighted by Crippen LogP contribution is 2.60. The number of halogens is 15. The van der Waals surface area contributed by atoms with Crippen molar-refractivity contribution in [3.05, 3.63) is 88.9 Å². The van der Waals surface area contributed by atoms with Gasteiger partial charge in [-0.25, -0.2) is 8.42 Å². The normalized spacial score (nSPS) is 13.8. The van der Waals surface area contributed by atoms with Gasteiger partial charge in [0.25, 0.3) is 0 Å². The molecular weight excluding hydrogens is 718 g/mol. The Morgan fingerprint density at radius 2 is 0.818 bits per heavy atom. The molecule has 0 aliphatic heterocycles. The van der Waals surface area contributed by atoms with E-state index in [-0.39, 0.29) is 10.9 Å². The Morgan fingerprint density at radius 1 is 0.500 bits per heavy atom. The number of hydrogen-bond donors (Lipinski definition) is 0. The summed E-state index contributed by atoms with van der Waals surface area (Å²) in [5, 5.41) is -6.12. The number of rotatable bonds is 8. The van der Waals surface area contributed by atoms with E-state index < -0.39 is 45.2 Å². The molecule has 0 unspecified atom stereocenters. The largest absolute Gasteiger partial charge is 0.743 e. The molecule has 3 rings (SSSR count). The summed E-state index contributed by atoms with van der Waals surface area (Å²) in [5.41, 5.74) is 0. The fourth-order valence-corrected chi connectivity index (χ4v) is 5.77. The van der Waals surface area contributed by atoms with E-state index in [0.717, 1.165) is 10.0 Å². The highest BCUT2D eigenvalue weighted by atomic mass is 35.5. The van der Waals surface area contributed by atoms with Gasteiger partial charge in [0.2, 0.25) is 0 Å². The van der Waals surface area contributed by atoms with Crippen molar-refractivity contribution >= 4 is 44.2 Å². The lowest BCUT2D eigenvalue weighted by Crippen LogP contribution is -2.71. The van der Waals surface area contributed by atoms with Crippen molar-refractivity contribution in [1.29, 1.82) is 0 Å². The molecule has 20 heteroatoms. The minimum atomic E-state index is -8.29. The van der Waals surface area contributed by atoms with Crippen LogP contribution < -0.4 is 0 Å². The number of benzene rings is 3. The van der Waals surface area contributed by atoms with E-state index in [9.17, 15) is 70.0 Å². The standard InChI is InChI=1S/C18H13Cl2S.C6HF13O3S/c19-14-6-10-17(11-7-14)21(16-4-2-1-3-5-16)18-12-8-15(20)9-13-18;7-1(8,3(11,12)5(15,16)17)2(9,10)4(13,14)6(18,19)23(20,21)22/h1-13H;(H,20,21,22)/q+1;/p-1. The molecule has 3 aromatic rings. The fraction of sp³-hybridized carbons (Fsp3) is 0.250. The Balaban J connectivity index is 0.000000307. The zero-order chi connectivity index (χ0) is 34.2. The molecule has 244 valence electrons. The lowest BCUT2D eigenvalue weighted by atomic mass is 9.98. The molecule has 0 spiro atoms. The van der Waals surface area contributed by atoms with Crippen molar-refractivity contribution in [3.63, 3.8) is 0 Å². The average Bonchev–Trinajstić information content (AvgIpc) is 2.90. The molecule has 0 aliphatic rings. The minimum absolute atomic E-state index is 0.148. The van der Waals surface area contributed by atoms with Gasteiger partial charge in [-0.1, -0.05) is 41.4 Å². The van der Waals surface area contributed by atoms with Gasteiger partial charge in [-0.2, -0.15) is 57.1 Å². The van der Waals surface area contributed by atoms with Gasteiger partial charge in [-0.3, -0.25) is 0 Å². The van der Waals surface area contributed by atoms with E-state index in [1.54, 1.807) is 0 Å². The van der Waals surface area contributed by atoms with Crippen LogP contribution in [-0.4, -0.2) is 48.1 Å². The van der Waals surface area contributed by atoms with Crippen LogP contribution >= 0.6 is 23.2 Å². The monoisotopic (exact) mass is 730 g/mol. The molecule has 0 amide bonds. The lowest BCUT2D eigenvalue weighted by molar-refractivity contribution is -0.433. The van der Waals surface area contributed by atoms with Gasteiger partial charge in [-0.05, 0) is 60.7 Å². The quantitative estimate of drug-likeness (QED) is 0.132. The Bertz CT molecular complexity index is 1470. The first kappa shape index (κ1) is 37.8. The van der Waals surface area contributed by atoms with E-state index in [1.807, 2.05) is 30.3 Å². The maximum Gasteiger partial charge on any atom is 0.460 e. The van der Waals surface area contributed by atoms with Gasteiger partial charge in [0.15, 0.2) is 24.8 Å². The van der Waals surface area contributed by atoms with Gasteiger partial charge in [0, 0.05) is 10.0 Å². The molecular formula is C24H13Cl2F13O3S2. The SMILES string of the molecule is Clc1ccc([S+](c2ccccc2)c2ccc(Cl)cc2)cc1.O=S(=O)([O-])C(F)(F)C(F)(F)C(F)(F)C(F)(F)C(F)(F)C(F)(F)F. The third kappa shape index (κ3) is 7.03. The first-order chi connectivity index (χ1) is 19.7. The first-order valence-corrected chi connectivity index (χ1v) is 14.3. The topological polar surface area (TPSA) is 57.2 Å². The van der Waals surface area contributed by atoms with Crippen LogP contribution in [0.3, 0.4) is 0 Å². The molecule has 44 heavy (non-hydrogen) atoms. The third-order valence-electron chi connectivity index (χ3n) is 5.30. The van der Waals surface area contributed by atoms with Crippen LogP contribution in [0, 0.1) is 0 Å². The lowest BCUT2D eigenvalue weighted by Gasteiger charge is -2.39. The second-order valence-electron chi connectivity index (χ2n) is 8.29. The summed E-state index contributed by atoms with van der Waals surface area (Å²) in [7, 11) is -8.01. The van der Waals surface area contributed by atoms with Crippen molar-refractivity contribution < 1.29 is 70.0 Å². The van der Waals surface area contributed by atoms with Crippen molar-refractivity contribution in [2.45, 2.75) is 49.8 Å². The molecule has 0 aliphatic carbocycles. The minimum Gasteiger partial charge on any atom is -0.743 e. The maximum absolute atomic E-state index is 12.7. The van der Waals surface area contributed by atoms with Crippen LogP contribution in [0.25, 0.3) is 0 Å². The molecule has 0 N–H and O–H groups in total. The van der Waals surface area contributed by atoms with Crippen LogP contribution in [0.15, 0.2) is 93.5 Å². The van der Waals surface area contributed by atoms with Gasteiger partial charge in [0.1, 0.15) is 0 Å². The highest BCUT2D eigenvalue weighted by Gasteiger charge is 2.91. The summed E-state index contributed by atoms with van der Waals surface area (Å²) in [6, 6.07) is 26.6. The van der Waals surface area contributed by atoms with E-state index in [0.29, 0.717) is 0 Å². The van der Waals surface area contributed by atoms with Gasteiger partial charge in [-0.15, -0.1) is 0 Å². The molecule has 0 heterocycles. The van der Waals surface area contributed by atoms with Gasteiger partial charge < -0.3 is 4.55 Å². The first-order valence-electron chi connectivity index (χ1n) is 11.0.